The van der Waals surface area contributed by atoms with Gasteiger partial charge in [-0.3, -0.25) is 0 Å². The highest BCUT2D eigenvalue weighted by atomic mass is 15.2. The van der Waals surface area contributed by atoms with Crippen LogP contribution in [0.4, 0.5) is 34.1 Å². The van der Waals surface area contributed by atoms with Crippen molar-refractivity contribution in [2.75, 3.05) is 9.80 Å². The van der Waals surface area contributed by atoms with Crippen LogP contribution in [0.1, 0.15) is 98.2 Å². The first kappa shape index (κ1) is 37.4. The number of rotatable bonds is 6. The van der Waals surface area contributed by atoms with E-state index in [1.165, 1.54) is 89.2 Å². The average Bonchev–Trinajstić information content (AvgIpc) is 3.58. The van der Waals surface area contributed by atoms with Crippen molar-refractivity contribution in [2.24, 2.45) is 0 Å². The summed E-state index contributed by atoms with van der Waals surface area (Å²) in [5.41, 5.74) is 23.2. The monoisotopic (exact) mass is 786 g/mol. The van der Waals surface area contributed by atoms with E-state index < -0.39 is 5.41 Å². The third kappa shape index (κ3) is 5.42. The van der Waals surface area contributed by atoms with Gasteiger partial charge in [0.15, 0.2) is 0 Å². The van der Waals surface area contributed by atoms with E-state index in [-0.39, 0.29) is 6.71 Å². The molecule has 0 atom stereocenters. The Hall–Kier alpha value is -6.58. The fourth-order valence-electron chi connectivity index (χ4n) is 11.2. The second-order valence-electron chi connectivity index (χ2n) is 18.2. The van der Waals surface area contributed by atoms with E-state index in [0.29, 0.717) is 17.8 Å². The number of hydrogen-bond donors (Lipinski definition) is 0. The molecule has 1 aliphatic carbocycles. The summed E-state index contributed by atoms with van der Waals surface area (Å²) in [5, 5.41) is 0. The number of anilines is 6. The van der Waals surface area contributed by atoms with Crippen molar-refractivity contribution in [1.82, 2.24) is 0 Å². The first-order chi connectivity index (χ1) is 29.8. The minimum Gasteiger partial charge on any atom is -0.311 e. The standard InChI is InChI=1S/C58H51BN2/c1-37(2)40-34-45(38(3)4)57(46(35-40)39(5)6)59-51-28-16-19-31-55(51)60(41-20-8-7-9-21-41)56-36-42(32-33-52(56)59)61-53-29-17-14-26-49(53)58(50-27-15-18-30-54(50)61)47-24-12-10-22-43(47)44-23-11-13-25-48(44)58/h7-39H,1-6H3. The van der Waals surface area contributed by atoms with Crippen LogP contribution in [0, 0.1) is 0 Å². The van der Waals surface area contributed by atoms with Gasteiger partial charge in [-0.05, 0) is 121 Å². The average molecular weight is 787 g/mol. The van der Waals surface area contributed by atoms with Crippen LogP contribution >= 0.6 is 0 Å². The lowest BCUT2D eigenvalue weighted by molar-refractivity contribution is 0.752. The fourth-order valence-corrected chi connectivity index (χ4v) is 11.2. The number of fused-ring (bicyclic) bond motifs is 11. The molecule has 1 spiro atoms. The Bertz CT molecular complexity index is 2870. The van der Waals surface area contributed by atoms with Crippen molar-refractivity contribution in [1.29, 1.82) is 0 Å². The van der Waals surface area contributed by atoms with E-state index in [0.717, 1.165) is 11.4 Å². The summed E-state index contributed by atoms with van der Waals surface area (Å²) >= 11 is 0. The zero-order chi connectivity index (χ0) is 41.6. The molecule has 3 heteroatoms. The summed E-state index contributed by atoms with van der Waals surface area (Å²) in [5.74, 6) is 1.19. The van der Waals surface area contributed by atoms with E-state index in [9.17, 15) is 0 Å². The third-order valence-electron chi connectivity index (χ3n) is 13.8. The van der Waals surface area contributed by atoms with Gasteiger partial charge in [0.1, 0.15) is 0 Å². The Morgan fingerprint density at radius 3 is 1.39 bits per heavy atom. The van der Waals surface area contributed by atoms with Gasteiger partial charge in [-0.15, -0.1) is 0 Å². The molecule has 3 aliphatic rings. The summed E-state index contributed by atoms with van der Waals surface area (Å²) in [7, 11) is 0. The van der Waals surface area contributed by atoms with Gasteiger partial charge in [0.05, 0.1) is 16.8 Å². The van der Waals surface area contributed by atoms with Crippen molar-refractivity contribution in [2.45, 2.75) is 64.7 Å². The number of para-hydroxylation sites is 4. The second-order valence-corrected chi connectivity index (χ2v) is 18.2. The quantitative estimate of drug-likeness (QED) is 0.155. The van der Waals surface area contributed by atoms with E-state index in [4.69, 9.17) is 0 Å². The Morgan fingerprint density at radius 2 is 0.836 bits per heavy atom. The molecule has 2 heterocycles. The largest absolute Gasteiger partial charge is 0.311 e. The summed E-state index contributed by atoms with van der Waals surface area (Å²) in [4.78, 5) is 5.05. The van der Waals surface area contributed by atoms with Gasteiger partial charge >= 0.3 is 0 Å². The molecule has 296 valence electrons. The maximum atomic E-state index is 2.54. The summed E-state index contributed by atoms with van der Waals surface area (Å²) < 4.78 is 0. The molecule has 0 saturated carbocycles. The maximum absolute atomic E-state index is 2.54. The van der Waals surface area contributed by atoms with Crippen LogP contribution in [0.3, 0.4) is 0 Å². The molecule has 2 aliphatic heterocycles. The van der Waals surface area contributed by atoms with Gasteiger partial charge < -0.3 is 9.80 Å². The van der Waals surface area contributed by atoms with Crippen LogP contribution in [0.25, 0.3) is 11.1 Å². The van der Waals surface area contributed by atoms with Gasteiger partial charge in [-0.2, -0.15) is 0 Å². The van der Waals surface area contributed by atoms with E-state index in [2.05, 4.69) is 233 Å². The zero-order valence-electron chi connectivity index (χ0n) is 36.0. The van der Waals surface area contributed by atoms with Crippen molar-refractivity contribution >= 4 is 57.2 Å². The minimum atomic E-state index is -0.451. The lowest BCUT2D eigenvalue weighted by Crippen LogP contribution is -2.59. The molecule has 11 rings (SSSR count). The van der Waals surface area contributed by atoms with Gasteiger partial charge in [0.25, 0.3) is 0 Å². The highest BCUT2D eigenvalue weighted by Gasteiger charge is 2.51. The highest BCUT2D eigenvalue weighted by molar-refractivity contribution is 6.98. The SMILES string of the molecule is CC(C)c1cc(C(C)C)c(B2c3ccccc3N(c3ccccc3)c3cc(N4c5ccccc5C5(c6ccccc6-c6ccccc65)c5ccccc54)ccc32)c(C(C)C)c1. The van der Waals surface area contributed by atoms with Crippen LogP contribution in [0.15, 0.2) is 182 Å². The first-order valence-electron chi connectivity index (χ1n) is 22.2. The van der Waals surface area contributed by atoms with Gasteiger partial charge in [0, 0.05) is 22.7 Å². The molecule has 0 saturated heterocycles. The van der Waals surface area contributed by atoms with Crippen LogP contribution in [-0.2, 0) is 5.41 Å². The van der Waals surface area contributed by atoms with Crippen LogP contribution in [0.5, 0.6) is 0 Å². The molecular weight excluding hydrogens is 735 g/mol. The molecule has 0 radical (unpaired) electrons. The molecule has 0 amide bonds. The van der Waals surface area contributed by atoms with Gasteiger partial charge in [-0.1, -0.05) is 187 Å². The van der Waals surface area contributed by atoms with Crippen LogP contribution < -0.4 is 26.2 Å². The maximum Gasteiger partial charge on any atom is 0.247 e. The second kappa shape index (κ2) is 14.3. The molecule has 0 bridgehead atoms. The molecule has 0 unspecified atom stereocenters. The lowest BCUT2D eigenvalue weighted by Gasteiger charge is -2.45. The number of hydrogen-bond acceptors (Lipinski definition) is 2. The normalized spacial score (nSPS) is 14.2. The molecule has 0 fully saturated rings. The Morgan fingerprint density at radius 1 is 0.377 bits per heavy atom. The first-order valence-corrected chi connectivity index (χ1v) is 22.2. The molecule has 2 nitrogen and oxygen atoms in total. The van der Waals surface area contributed by atoms with E-state index in [1.807, 2.05) is 0 Å². The summed E-state index contributed by atoms with van der Waals surface area (Å²) in [6.07, 6.45) is 0. The molecule has 0 N–H and O–H groups in total. The summed E-state index contributed by atoms with van der Waals surface area (Å²) in [6.45, 7) is 14.2. The predicted octanol–water partition coefficient (Wildman–Crippen LogP) is 13.5. The molecule has 8 aromatic rings. The van der Waals surface area contributed by atoms with Crippen LogP contribution in [0.2, 0.25) is 0 Å². The van der Waals surface area contributed by atoms with Crippen molar-refractivity contribution < 1.29 is 0 Å². The summed E-state index contributed by atoms with van der Waals surface area (Å²) in [6, 6.07) is 69.0. The zero-order valence-corrected chi connectivity index (χ0v) is 36.0. The molecule has 61 heavy (non-hydrogen) atoms. The Kier molecular flexibility index (Phi) is 8.76. The topological polar surface area (TPSA) is 6.48 Å². The molecular formula is C58H51BN2. The van der Waals surface area contributed by atoms with Gasteiger partial charge in [-0.25, -0.2) is 0 Å². The lowest BCUT2D eigenvalue weighted by atomic mass is 9.33. The smallest absolute Gasteiger partial charge is 0.247 e. The number of benzene rings is 8. The highest BCUT2D eigenvalue weighted by Crippen LogP contribution is 2.63. The fraction of sp³-hybridized carbons (Fsp3) is 0.172. The minimum absolute atomic E-state index is 0.0620. The van der Waals surface area contributed by atoms with Crippen molar-refractivity contribution in [3.63, 3.8) is 0 Å². The van der Waals surface area contributed by atoms with Crippen molar-refractivity contribution in [3.05, 3.63) is 221 Å². The van der Waals surface area contributed by atoms with Gasteiger partial charge in [0.2, 0.25) is 6.71 Å². The predicted molar refractivity (Wildman–Crippen MR) is 260 cm³/mol. The Balaban J connectivity index is 1.19. The molecule has 0 aromatic heterocycles. The third-order valence-corrected chi connectivity index (χ3v) is 13.8. The molecule has 8 aromatic carbocycles. The van der Waals surface area contributed by atoms with E-state index >= 15 is 0 Å². The van der Waals surface area contributed by atoms with Crippen molar-refractivity contribution in [3.8, 4) is 11.1 Å². The number of nitrogens with zero attached hydrogens (tertiary/aromatic N) is 2. The van der Waals surface area contributed by atoms with Crippen LogP contribution in [-0.4, -0.2) is 6.71 Å². The van der Waals surface area contributed by atoms with E-state index in [1.54, 1.807) is 0 Å². The Labute approximate surface area is 362 Å².